The monoisotopic (exact) mass is 387 g/mol. The number of aromatic nitrogens is 3. The van der Waals surface area contributed by atoms with Crippen LogP contribution in [0.3, 0.4) is 0 Å². The Labute approximate surface area is 167 Å². The van der Waals surface area contributed by atoms with Crippen molar-refractivity contribution in [2.24, 2.45) is 0 Å². The van der Waals surface area contributed by atoms with Gasteiger partial charge in [0.25, 0.3) is 5.91 Å². The highest BCUT2D eigenvalue weighted by Gasteiger charge is 2.25. The lowest BCUT2D eigenvalue weighted by Gasteiger charge is -2.34. The molecule has 1 fully saturated rings. The van der Waals surface area contributed by atoms with Gasteiger partial charge in [0.05, 0.1) is 0 Å². The van der Waals surface area contributed by atoms with Crippen molar-refractivity contribution in [1.29, 1.82) is 0 Å². The fourth-order valence-corrected chi connectivity index (χ4v) is 3.97. The first-order valence-electron chi connectivity index (χ1n) is 9.70. The number of nitrogens with one attached hydrogen (secondary N) is 1. The normalized spacial score (nSPS) is 14.5. The molecule has 2 aromatic carbocycles. The smallest absolute Gasteiger partial charge is 0.253 e. The molecule has 0 saturated carbocycles. The van der Waals surface area contributed by atoms with Gasteiger partial charge in [0.15, 0.2) is 5.82 Å². The molecule has 1 saturated heterocycles. The molecule has 7 heteroatoms. The van der Waals surface area contributed by atoms with E-state index >= 15 is 0 Å². The van der Waals surface area contributed by atoms with Crippen LogP contribution in [-0.4, -0.2) is 52.3 Å². The summed E-state index contributed by atoms with van der Waals surface area (Å²) in [5.74, 6) is 0.825. The van der Waals surface area contributed by atoms with Crippen molar-refractivity contribution in [3.8, 4) is 11.3 Å². The quantitative estimate of drug-likeness (QED) is 0.582. The van der Waals surface area contributed by atoms with Gasteiger partial charge in [-0.15, -0.1) is 0 Å². The minimum Gasteiger partial charge on any atom is -0.361 e. The zero-order valence-corrected chi connectivity index (χ0v) is 16.1. The molecule has 1 aliphatic heterocycles. The minimum absolute atomic E-state index is 0.0619. The number of hydrogen-bond donors (Lipinski definition) is 1. The summed E-state index contributed by atoms with van der Waals surface area (Å²) in [6.07, 6.45) is 1.92. The summed E-state index contributed by atoms with van der Waals surface area (Å²) in [5, 5.41) is 9.99. The molecule has 1 amide bonds. The first-order valence-corrected chi connectivity index (χ1v) is 9.70. The van der Waals surface area contributed by atoms with E-state index in [1.807, 2.05) is 48.4 Å². The van der Waals surface area contributed by atoms with Gasteiger partial charge in [-0.05, 0) is 47.1 Å². The van der Waals surface area contributed by atoms with Crippen LogP contribution in [-0.2, 0) is 0 Å². The van der Waals surface area contributed by atoms with E-state index in [0.29, 0.717) is 31.7 Å². The number of H-pyrrole nitrogens is 1. The molecule has 29 heavy (non-hydrogen) atoms. The van der Waals surface area contributed by atoms with Crippen molar-refractivity contribution >= 4 is 22.5 Å². The summed E-state index contributed by atoms with van der Waals surface area (Å²) in [7, 11) is 0. The number of amides is 1. The van der Waals surface area contributed by atoms with Crippen LogP contribution in [0.1, 0.15) is 16.1 Å². The Bertz CT molecular complexity index is 1160. The zero-order chi connectivity index (χ0) is 19.8. The molecular formula is C22H21N5O2. The number of anilines is 1. The molecule has 146 valence electrons. The topological polar surface area (TPSA) is 78.3 Å². The fraction of sp³-hybridized carbons (Fsp3) is 0.227. The SMILES string of the molecule is Cc1nonc1N1CCN(C(=O)c2ccc3c(-c4ccc[nH]4)cccc3c2)CC1. The lowest BCUT2D eigenvalue weighted by molar-refractivity contribution is 0.0746. The second kappa shape index (κ2) is 7.09. The molecule has 0 aliphatic carbocycles. The predicted molar refractivity (Wildman–Crippen MR) is 111 cm³/mol. The van der Waals surface area contributed by atoms with Crippen LogP contribution < -0.4 is 4.90 Å². The number of piperazine rings is 1. The maximum atomic E-state index is 13.1. The van der Waals surface area contributed by atoms with Crippen molar-refractivity contribution in [2.75, 3.05) is 31.1 Å². The molecule has 4 aromatic rings. The van der Waals surface area contributed by atoms with Gasteiger partial charge in [-0.1, -0.05) is 29.4 Å². The highest BCUT2D eigenvalue weighted by molar-refractivity contribution is 6.02. The first-order chi connectivity index (χ1) is 14.2. The van der Waals surface area contributed by atoms with Crippen molar-refractivity contribution in [3.05, 3.63) is 66.0 Å². The summed E-state index contributed by atoms with van der Waals surface area (Å²) in [6, 6.07) is 16.2. The van der Waals surface area contributed by atoms with E-state index < -0.39 is 0 Å². The molecule has 1 N–H and O–H groups in total. The number of rotatable bonds is 3. The number of fused-ring (bicyclic) bond motifs is 1. The van der Waals surface area contributed by atoms with Crippen LogP contribution in [0.4, 0.5) is 5.82 Å². The predicted octanol–water partition coefficient (Wildman–Crippen LogP) is 3.49. The molecule has 3 heterocycles. The van der Waals surface area contributed by atoms with E-state index in [4.69, 9.17) is 4.63 Å². The van der Waals surface area contributed by atoms with Crippen LogP contribution in [0.25, 0.3) is 22.0 Å². The number of aromatic amines is 1. The highest BCUT2D eigenvalue weighted by atomic mass is 16.6. The molecule has 5 rings (SSSR count). The Morgan fingerprint density at radius 1 is 1.03 bits per heavy atom. The standard InChI is InChI=1S/C22H21N5O2/c1-15-21(25-29-24-15)26-10-12-27(13-11-26)22(28)17-7-8-18-16(14-17)4-2-5-19(18)20-6-3-9-23-20/h2-9,14,23H,10-13H2,1H3. The van der Waals surface area contributed by atoms with E-state index in [9.17, 15) is 4.79 Å². The summed E-state index contributed by atoms with van der Waals surface area (Å²) >= 11 is 0. The van der Waals surface area contributed by atoms with Gasteiger partial charge in [-0.3, -0.25) is 4.79 Å². The molecule has 7 nitrogen and oxygen atoms in total. The highest BCUT2D eigenvalue weighted by Crippen LogP contribution is 2.28. The summed E-state index contributed by atoms with van der Waals surface area (Å²) < 4.78 is 4.79. The molecule has 0 spiro atoms. The Hall–Kier alpha value is -3.61. The van der Waals surface area contributed by atoms with Crippen LogP contribution in [0.5, 0.6) is 0 Å². The van der Waals surface area contributed by atoms with E-state index in [2.05, 4.69) is 38.4 Å². The number of carbonyl (C=O) groups excluding carboxylic acids is 1. The first kappa shape index (κ1) is 17.5. The lowest BCUT2D eigenvalue weighted by atomic mass is 9.99. The van der Waals surface area contributed by atoms with Crippen LogP contribution in [0, 0.1) is 6.92 Å². The number of benzene rings is 2. The van der Waals surface area contributed by atoms with Crippen molar-refractivity contribution in [1.82, 2.24) is 20.2 Å². The molecule has 0 radical (unpaired) electrons. The molecule has 1 aliphatic rings. The number of hydrogen-bond acceptors (Lipinski definition) is 5. The maximum Gasteiger partial charge on any atom is 0.253 e. The summed E-state index contributed by atoms with van der Waals surface area (Å²) in [6.45, 7) is 4.59. The average molecular weight is 387 g/mol. The van der Waals surface area contributed by atoms with E-state index in [1.165, 1.54) is 0 Å². The average Bonchev–Trinajstić information content (AvgIpc) is 3.44. The van der Waals surface area contributed by atoms with Gasteiger partial charge in [0.1, 0.15) is 5.69 Å². The Morgan fingerprint density at radius 2 is 1.90 bits per heavy atom. The van der Waals surface area contributed by atoms with E-state index in [-0.39, 0.29) is 5.91 Å². The molecular weight excluding hydrogens is 366 g/mol. The minimum atomic E-state index is 0.0619. The van der Waals surface area contributed by atoms with E-state index in [1.54, 1.807) is 0 Å². The van der Waals surface area contributed by atoms with Gasteiger partial charge in [0, 0.05) is 49.2 Å². The van der Waals surface area contributed by atoms with Gasteiger partial charge in [-0.25, -0.2) is 4.63 Å². The maximum absolute atomic E-state index is 13.1. The number of carbonyl (C=O) groups is 1. The van der Waals surface area contributed by atoms with Gasteiger partial charge in [-0.2, -0.15) is 0 Å². The second-order valence-electron chi connectivity index (χ2n) is 7.28. The molecule has 2 aromatic heterocycles. The molecule has 0 bridgehead atoms. The molecule has 0 unspecified atom stereocenters. The largest absolute Gasteiger partial charge is 0.361 e. The van der Waals surface area contributed by atoms with Gasteiger partial charge >= 0.3 is 0 Å². The Kier molecular flexibility index (Phi) is 4.27. The van der Waals surface area contributed by atoms with Crippen LogP contribution in [0.2, 0.25) is 0 Å². The van der Waals surface area contributed by atoms with Crippen molar-refractivity contribution in [2.45, 2.75) is 6.92 Å². The zero-order valence-electron chi connectivity index (χ0n) is 16.1. The Balaban J connectivity index is 1.36. The molecule has 0 atom stereocenters. The third kappa shape index (κ3) is 3.14. The number of aryl methyl sites for hydroxylation is 1. The third-order valence-electron chi connectivity index (χ3n) is 5.51. The van der Waals surface area contributed by atoms with Crippen LogP contribution >= 0.6 is 0 Å². The summed E-state index contributed by atoms with van der Waals surface area (Å²) in [5.41, 5.74) is 3.70. The number of nitrogens with zero attached hydrogens (tertiary/aromatic N) is 4. The third-order valence-corrected chi connectivity index (χ3v) is 5.51. The van der Waals surface area contributed by atoms with Crippen molar-refractivity contribution < 1.29 is 9.42 Å². The summed E-state index contributed by atoms with van der Waals surface area (Å²) in [4.78, 5) is 20.3. The Morgan fingerprint density at radius 3 is 2.62 bits per heavy atom. The van der Waals surface area contributed by atoms with E-state index in [0.717, 1.165) is 33.5 Å². The lowest BCUT2D eigenvalue weighted by Crippen LogP contribution is -2.49. The van der Waals surface area contributed by atoms with Gasteiger partial charge in [0.2, 0.25) is 0 Å². The van der Waals surface area contributed by atoms with Crippen molar-refractivity contribution in [3.63, 3.8) is 0 Å². The second-order valence-corrected chi connectivity index (χ2v) is 7.28. The fourth-order valence-electron chi connectivity index (χ4n) is 3.97. The van der Waals surface area contributed by atoms with Gasteiger partial charge < -0.3 is 14.8 Å². The van der Waals surface area contributed by atoms with Crippen LogP contribution in [0.15, 0.2) is 59.4 Å².